The number of ketones is 1. The number of esters is 1. The number of hydroxylamine groups is 2. The number of hydrogen-bond acceptors (Lipinski definition) is 6. The molecular weight excluding hydrogens is 266 g/mol. The minimum absolute atomic E-state index is 0.0282. The van der Waals surface area contributed by atoms with Crippen molar-refractivity contribution < 1.29 is 29.1 Å². The summed E-state index contributed by atoms with van der Waals surface area (Å²) in [6.45, 7) is 6.49. The van der Waals surface area contributed by atoms with Crippen molar-refractivity contribution in [1.82, 2.24) is 5.06 Å². The SMILES string of the molecule is CCOC(=O)C1(N(O)C(=O)OC(C)(C)C)CCCC1=O. The molecule has 0 radical (unpaired) electrons. The quantitative estimate of drug-likeness (QED) is 0.367. The Bertz CT molecular complexity index is 414. The highest BCUT2D eigenvalue weighted by molar-refractivity contribution is 6.11. The summed E-state index contributed by atoms with van der Waals surface area (Å²) in [5.74, 6) is -1.46. The van der Waals surface area contributed by atoms with Gasteiger partial charge in [0.1, 0.15) is 5.60 Å². The standard InChI is InChI=1S/C13H21NO6/c1-5-19-10(16)13(8-6-7-9(13)15)14(18)11(17)20-12(2,3)4/h18H,5-8H2,1-4H3. The molecular formula is C13H21NO6. The van der Waals surface area contributed by atoms with E-state index in [1.54, 1.807) is 27.7 Å². The van der Waals surface area contributed by atoms with Crippen molar-refractivity contribution in [2.45, 2.75) is 58.1 Å². The molecule has 7 nitrogen and oxygen atoms in total. The lowest BCUT2D eigenvalue weighted by Crippen LogP contribution is -2.59. The molecule has 1 aliphatic rings. The van der Waals surface area contributed by atoms with E-state index in [0.29, 0.717) is 6.42 Å². The Morgan fingerprint density at radius 2 is 2.00 bits per heavy atom. The summed E-state index contributed by atoms with van der Waals surface area (Å²) in [6, 6.07) is 0. The molecule has 1 rings (SSSR count). The number of carbonyl (C=O) groups is 3. The molecule has 1 atom stereocenters. The summed E-state index contributed by atoms with van der Waals surface area (Å²) in [7, 11) is 0. The molecule has 0 heterocycles. The average molecular weight is 287 g/mol. The second-order valence-electron chi connectivity index (χ2n) is 5.65. The molecule has 1 N–H and O–H groups in total. The van der Waals surface area contributed by atoms with E-state index >= 15 is 0 Å². The molecule has 0 aromatic carbocycles. The summed E-state index contributed by atoms with van der Waals surface area (Å²) >= 11 is 0. The van der Waals surface area contributed by atoms with Gasteiger partial charge >= 0.3 is 12.1 Å². The number of rotatable bonds is 3. The number of ether oxygens (including phenoxy) is 2. The van der Waals surface area contributed by atoms with Crippen LogP contribution in [0.4, 0.5) is 4.79 Å². The normalized spacial score (nSPS) is 22.6. The monoisotopic (exact) mass is 287 g/mol. The van der Waals surface area contributed by atoms with Gasteiger partial charge in [0.05, 0.1) is 6.61 Å². The first-order valence-electron chi connectivity index (χ1n) is 6.57. The summed E-state index contributed by atoms with van der Waals surface area (Å²) in [4.78, 5) is 35.9. The fourth-order valence-corrected chi connectivity index (χ4v) is 2.09. The molecule has 0 aliphatic heterocycles. The van der Waals surface area contributed by atoms with Gasteiger partial charge in [-0.1, -0.05) is 0 Å². The lowest BCUT2D eigenvalue weighted by molar-refractivity contribution is -0.192. The Hall–Kier alpha value is -1.63. The van der Waals surface area contributed by atoms with Crippen LogP contribution in [0.2, 0.25) is 0 Å². The summed E-state index contributed by atoms with van der Waals surface area (Å²) in [5.41, 5.74) is -2.83. The average Bonchev–Trinajstić information content (AvgIpc) is 2.69. The van der Waals surface area contributed by atoms with Crippen LogP contribution in [-0.4, -0.2) is 45.9 Å². The Kier molecular flexibility index (Phi) is 4.75. The maximum atomic E-state index is 12.0. The second-order valence-corrected chi connectivity index (χ2v) is 5.65. The van der Waals surface area contributed by atoms with E-state index in [2.05, 4.69) is 0 Å². The molecule has 0 saturated heterocycles. The molecule has 0 bridgehead atoms. The predicted molar refractivity (Wildman–Crippen MR) is 68.1 cm³/mol. The minimum Gasteiger partial charge on any atom is -0.464 e. The van der Waals surface area contributed by atoms with Crippen LogP contribution in [0.25, 0.3) is 0 Å². The highest BCUT2D eigenvalue weighted by atomic mass is 16.6. The van der Waals surface area contributed by atoms with Gasteiger partial charge in [-0.3, -0.25) is 10.0 Å². The first-order chi connectivity index (χ1) is 9.15. The van der Waals surface area contributed by atoms with Gasteiger partial charge in [0.15, 0.2) is 5.78 Å². The summed E-state index contributed by atoms with van der Waals surface area (Å²) in [5, 5.41) is 10.1. The van der Waals surface area contributed by atoms with Gasteiger partial charge in [-0.05, 0) is 40.5 Å². The zero-order valence-electron chi connectivity index (χ0n) is 12.3. The van der Waals surface area contributed by atoms with Crippen molar-refractivity contribution in [1.29, 1.82) is 0 Å². The Morgan fingerprint density at radius 1 is 1.40 bits per heavy atom. The van der Waals surface area contributed by atoms with Crippen LogP contribution in [0.15, 0.2) is 0 Å². The molecule has 0 spiro atoms. The Labute approximate surface area is 117 Å². The van der Waals surface area contributed by atoms with Crippen molar-refractivity contribution in [3.63, 3.8) is 0 Å². The van der Waals surface area contributed by atoms with Crippen molar-refractivity contribution in [2.24, 2.45) is 0 Å². The van der Waals surface area contributed by atoms with E-state index in [-0.39, 0.29) is 24.5 Å². The number of nitrogens with zero attached hydrogens (tertiary/aromatic N) is 1. The zero-order valence-corrected chi connectivity index (χ0v) is 12.3. The predicted octanol–water partition coefficient (Wildman–Crippen LogP) is 1.67. The first-order valence-corrected chi connectivity index (χ1v) is 6.57. The molecule has 1 aliphatic carbocycles. The van der Waals surface area contributed by atoms with E-state index < -0.39 is 29.0 Å². The van der Waals surface area contributed by atoms with Gasteiger partial charge in [0, 0.05) is 6.42 Å². The van der Waals surface area contributed by atoms with Crippen LogP contribution in [-0.2, 0) is 19.1 Å². The topological polar surface area (TPSA) is 93.1 Å². The molecule has 1 amide bonds. The highest BCUT2D eigenvalue weighted by Gasteiger charge is 2.57. The highest BCUT2D eigenvalue weighted by Crippen LogP contribution is 2.33. The van der Waals surface area contributed by atoms with E-state index in [1.165, 1.54) is 0 Å². The fourth-order valence-electron chi connectivity index (χ4n) is 2.09. The van der Waals surface area contributed by atoms with Crippen molar-refractivity contribution in [3.8, 4) is 0 Å². The third-order valence-corrected chi connectivity index (χ3v) is 2.94. The van der Waals surface area contributed by atoms with Gasteiger partial charge in [-0.15, -0.1) is 0 Å². The van der Waals surface area contributed by atoms with Crippen LogP contribution in [0.5, 0.6) is 0 Å². The molecule has 1 fully saturated rings. The maximum Gasteiger partial charge on any atom is 0.435 e. The van der Waals surface area contributed by atoms with Crippen LogP contribution < -0.4 is 0 Å². The van der Waals surface area contributed by atoms with Crippen LogP contribution in [0, 0.1) is 0 Å². The molecule has 1 saturated carbocycles. The van der Waals surface area contributed by atoms with Crippen molar-refractivity contribution in [2.75, 3.05) is 6.61 Å². The number of amides is 1. The largest absolute Gasteiger partial charge is 0.464 e. The van der Waals surface area contributed by atoms with Gasteiger partial charge in [-0.2, -0.15) is 5.06 Å². The van der Waals surface area contributed by atoms with Crippen molar-refractivity contribution in [3.05, 3.63) is 0 Å². The van der Waals surface area contributed by atoms with E-state index in [0.717, 1.165) is 0 Å². The van der Waals surface area contributed by atoms with E-state index in [1.807, 2.05) is 0 Å². The molecule has 1 unspecified atom stereocenters. The summed E-state index contributed by atoms with van der Waals surface area (Å²) in [6.07, 6.45) is -0.600. The summed E-state index contributed by atoms with van der Waals surface area (Å²) < 4.78 is 9.82. The van der Waals surface area contributed by atoms with Crippen LogP contribution in [0.1, 0.15) is 47.0 Å². The van der Waals surface area contributed by atoms with E-state index in [4.69, 9.17) is 9.47 Å². The number of carbonyl (C=O) groups excluding carboxylic acids is 3. The lowest BCUT2D eigenvalue weighted by atomic mass is 9.96. The van der Waals surface area contributed by atoms with Crippen molar-refractivity contribution >= 4 is 17.8 Å². The number of hydrogen-bond donors (Lipinski definition) is 1. The lowest BCUT2D eigenvalue weighted by Gasteiger charge is -2.33. The zero-order chi connectivity index (χ0) is 15.6. The molecule has 7 heteroatoms. The van der Waals surface area contributed by atoms with Gasteiger partial charge in [-0.25, -0.2) is 9.59 Å². The van der Waals surface area contributed by atoms with E-state index in [9.17, 15) is 19.6 Å². The second kappa shape index (κ2) is 5.78. The Balaban J connectivity index is 3.03. The molecule has 0 aromatic rings. The minimum atomic E-state index is -1.97. The third-order valence-electron chi connectivity index (χ3n) is 2.94. The Morgan fingerprint density at radius 3 is 2.40 bits per heavy atom. The number of Topliss-reactive ketones (excluding diaryl/α,β-unsaturated/α-hetero) is 1. The molecule has 20 heavy (non-hydrogen) atoms. The van der Waals surface area contributed by atoms with Gasteiger partial charge in [0.25, 0.3) is 0 Å². The fraction of sp³-hybridized carbons (Fsp3) is 0.769. The van der Waals surface area contributed by atoms with Gasteiger partial charge in [0.2, 0.25) is 5.54 Å². The third kappa shape index (κ3) is 3.09. The van der Waals surface area contributed by atoms with Crippen LogP contribution >= 0.6 is 0 Å². The maximum absolute atomic E-state index is 12.0. The van der Waals surface area contributed by atoms with Crippen LogP contribution in [0.3, 0.4) is 0 Å². The molecule has 114 valence electrons. The molecule has 0 aromatic heterocycles. The first kappa shape index (κ1) is 16.4. The van der Waals surface area contributed by atoms with Gasteiger partial charge < -0.3 is 9.47 Å². The smallest absolute Gasteiger partial charge is 0.435 e.